The molecule has 2 rings (SSSR count). The number of rotatable bonds is 5. The van der Waals surface area contributed by atoms with Crippen molar-refractivity contribution in [2.45, 2.75) is 38.3 Å². The predicted octanol–water partition coefficient (Wildman–Crippen LogP) is 2.98. The minimum atomic E-state index is -3.83. The highest BCUT2D eigenvalue weighted by Crippen LogP contribution is 2.23. The second-order valence-electron chi connectivity index (χ2n) is 7.32. The molecule has 1 heterocycles. The lowest BCUT2D eigenvalue weighted by Crippen LogP contribution is -2.40. The Labute approximate surface area is 154 Å². The quantitative estimate of drug-likeness (QED) is 0.833. The van der Waals surface area contributed by atoms with E-state index in [1.54, 1.807) is 26.8 Å². The Balaban J connectivity index is 2.18. The van der Waals surface area contributed by atoms with Gasteiger partial charge in [0.25, 0.3) is 15.9 Å². The molecule has 0 fully saturated rings. The number of hydrogen-bond acceptors (Lipinski definition) is 5. The Morgan fingerprint density at radius 2 is 1.77 bits per heavy atom. The number of carbonyl (C=O) groups is 1. The number of amides is 1. The van der Waals surface area contributed by atoms with E-state index in [1.807, 2.05) is 38.1 Å². The van der Waals surface area contributed by atoms with Crippen LogP contribution in [0.2, 0.25) is 0 Å². The maximum atomic E-state index is 12.4. The second-order valence-corrected chi connectivity index (χ2v) is 8.94. The summed E-state index contributed by atoms with van der Waals surface area (Å²) < 4.78 is 32.3. The molecule has 0 bridgehead atoms. The number of nitrogens with one attached hydrogen (secondary N) is 2. The van der Waals surface area contributed by atoms with Gasteiger partial charge >= 0.3 is 0 Å². The average molecular weight is 379 g/mol. The van der Waals surface area contributed by atoms with Gasteiger partial charge in [-0.25, -0.2) is 13.1 Å². The third-order valence-corrected chi connectivity index (χ3v) is 5.12. The van der Waals surface area contributed by atoms with Crippen LogP contribution in [0.3, 0.4) is 0 Å². The van der Waals surface area contributed by atoms with Crippen LogP contribution in [0.15, 0.2) is 39.8 Å². The first-order valence-electron chi connectivity index (χ1n) is 8.12. The van der Waals surface area contributed by atoms with Gasteiger partial charge in [0.1, 0.15) is 0 Å². The predicted molar refractivity (Wildman–Crippen MR) is 102 cm³/mol. The molecule has 0 saturated heterocycles. The molecule has 1 aromatic heterocycles. The van der Waals surface area contributed by atoms with E-state index in [4.69, 9.17) is 4.42 Å². The van der Waals surface area contributed by atoms with Crippen molar-refractivity contribution in [3.05, 3.63) is 41.7 Å². The third-order valence-electron chi connectivity index (χ3n) is 3.49. The summed E-state index contributed by atoms with van der Waals surface area (Å²) in [4.78, 5) is 14.3. The van der Waals surface area contributed by atoms with Gasteiger partial charge in [-0.3, -0.25) is 4.79 Å². The van der Waals surface area contributed by atoms with Crippen molar-refractivity contribution in [2.75, 3.05) is 24.3 Å². The monoisotopic (exact) mass is 379 g/mol. The van der Waals surface area contributed by atoms with Crippen LogP contribution in [0.1, 0.15) is 36.9 Å². The van der Waals surface area contributed by atoms with Gasteiger partial charge in [0.15, 0.2) is 5.76 Å². The molecule has 0 unspecified atom stereocenters. The first kappa shape index (κ1) is 20.0. The number of aryl methyl sites for hydroxylation is 1. The number of furan rings is 1. The van der Waals surface area contributed by atoms with Gasteiger partial charge in [0.2, 0.25) is 5.09 Å². The highest BCUT2D eigenvalue weighted by molar-refractivity contribution is 7.89. The molecule has 0 aliphatic heterocycles. The Hall–Kier alpha value is -2.32. The van der Waals surface area contributed by atoms with E-state index in [2.05, 4.69) is 10.0 Å². The largest absolute Gasteiger partial charge is 0.438 e. The van der Waals surface area contributed by atoms with Crippen molar-refractivity contribution in [1.29, 1.82) is 0 Å². The smallest absolute Gasteiger partial charge is 0.291 e. The van der Waals surface area contributed by atoms with Gasteiger partial charge in [0.05, 0.1) is 0 Å². The second kappa shape index (κ2) is 7.13. The van der Waals surface area contributed by atoms with Crippen LogP contribution in [-0.2, 0) is 10.0 Å². The molecule has 8 heteroatoms. The minimum Gasteiger partial charge on any atom is -0.438 e. The molecule has 0 aliphatic carbocycles. The standard InChI is InChI=1S/C18H25N3O4S/c1-12-11-13(21(5)6)7-8-14(12)19-17(22)15-9-10-16(25-15)26(23,24)20-18(2,3)4/h7-11,20H,1-6H3,(H,19,22). The van der Waals surface area contributed by atoms with Gasteiger partial charge in [-0.05, 0) is 63.6 Å². The number of sulfonamides is 1. The zero-order valence-electron chi connectivity index (χ0n) is 15.9. The van der Waals surface area contributed by atoms with Gasteiger partial charge in [0, 0.05) is 31.0 Å². The van der Waals surface area contributed by atoms with Crippen molar-refractivity contribution >= 4 is 27.3 Å². The first-order chi connectivity index (χ1) is 11.9. The van der Waals surface area contributed by atoms with Crippen LogP contribution < -0.4 is 14.9 Å². The lowest BCUT2D eigenvalue weighted by atomic mass is 10.1. The van der Waals surface area contributed by atoms with Crippen LogP contribution in [0.25, 0.3) is 0 Å². The van der Waals surface area contributed by atoms with Gasteiger partial charge in [-0.1, -0.05) is 0 Å². The molecule has 2 aromatic rings. The number of hydrogen-bond donors (Lipinski definition) is 2. The molecule has 142 valence electrons. The Morgan fingerprint density at radius 1 is 1.12 bits per heavy atom. The molecular formula is C18H25N3O4S. The molecule has 0 atom stereocenters. The Kier molecular flexibility index (Phi) is 5.48. The summed E-state index contributed by atoms with van der Waals surface area (Å²) in [5, 5.41) is 2.45. The number of nitrogens with zero attached hydrogens (tertiary/aromatic N) is 1. The van der Waals surface area contributed by atoms with Crippen LogP contribution >= 0.6 is 0 Å². The molecule has 0 aliphatic rings. The summed E-state index contributed by atoms with van der Waals surface area (Å²) in [6.07, 6.45) is 0. The van der Waals surface area contributed by atoms with Crippen molar-refractivity contribution in [2.24, 2.45) is 0 Å². The Bertz CT molecular complexity index is 909. The zero-order chi connectivity index (χ0) is 19.7. The summed E-state index contributed by atoms with van der Waals surface area (Å²) in [5.74, 6) is -0.585. The van der Waals surface area contributed by atoms with Crippen molar-refractivity contribution in [1.82, 2.24) is 4.72 Å². The summed E-state index contributed by atoms with van der Waals surface area (Å²) in [6.45, 7) is 7.05. The average Bonchev–Trinajstić information content (AvgIpc) is 2.97. The highest BCUT2D eigenvalue weighted by Gasteiger charge is 2.26. The normalized spacial score (nSPS) is 12.1. The SMILES string of the molecule is Cc1cc(N(C)C)ccc1NC(=O)c1ccc(S(=O)(=O)NC(C)(C)C)o1. The molecule has 1 aromatic carbocycles. The van der Waals surface area contributed by atoms with E-state index in [1.165, 1.54) is 12.1 Å². The molecule has 7 nitrogen and oxygen atoms in total. The number of anilines is 2. The van der Waals surface area contributed by atoms with Crippen LogP contribution in [0.4, 0.5) is 11.4 Å². The fourth-order valence-corrected chi connectivity index (χ4v) is 3.64. The Morgan fingerprint density at radius 3 is 2.31 bits per heavy atom. The molecule has 0 saturated carbocycles. The van der Waals surface area contributed by atoms with Crippen molar-refractivity contribution < 1.29 is 17.6 Å². The maximum absolute atomic E-state index is 12.4. The van der Waals surface area contributed by atoms with E-state index in [0.29, 0.717) is 5.69 Å². The van der Waals surface area contributed by atoms with E-state index in [0.717, 1.165) is 11.3 Å². The topological polar surface area (TPSA) is 91.7 Å². The zero-order valence-corrected chi connectivity index (χ0v) is 16.7. The molecule has 0 spiro atoms. The number of carbonyl (C=O) groups excluding carboxylic acids is 1. The van der Waals surface area contributed by atoms with Gasteiger partial charge in [-0.15, -0.1) is 0 Å². The van der Waals surface area contributed by atoms with Crippen molar-refractivity contribution in [3.8, 4) is 0 Å². The summed E-state index contributed by atoms with van der Waals surface area (Å²) in [7, 11) is 0.0390. The number of benzene rings is 1. The van der Waals surface area contributed by atoms with E-state index in [9.17, 15) is 13.2 Å². The third kappa shape index (κ3) is 4.86. The summed E-state index contributed by atoms with van der Waals surface area (Å²) in [6, 6.07) is 8.24. The van der Waals surface area contributed by atoms with Gasteiger partial charge < -0.3 is 14.6 Å². The van der Waals surface area contributed by atoms with Gasteiger partial charge in [-0.2, -0.15) is 0 Å². The van der Waals surface area contributed by atoms with Crippen LogP contribution in [0, 0.1) is 6.92 Å². The summed E-state index contributed by atoms with van der Waals surface area (Å²) in [5.41, 5.74) is 1.88. The molecule has 26 heavy (non-hydrogen) atoms. The van der Waals surface area contributed by atoms with E-state index in [-0.39, 0.29) is 10.9 Å². The van der Waals surface area contributed by atoms with Crippen molar-refractivity contribution in [3.63, 3.8) is 0 Å². The van der Waals surface area contributed by atoms with E-state index >= 15 is 0 Å². The maximum Gasteiger partial charge on any atom is 0.291 e. The lowest BCUT2D eigenvalue weighted by Gasteiger charge is -2.19. The molecule has 0 radical (unpaired) electrons. The lowest BCUT2D eigenvalue weighted by molar-refractivity contribution is 0.0991. The fraction of sp³-hybridized carbons (Fsp3) is 0.389. The first-order valence-corrected chi connectivity index (χ1v) is 9.60. The molecule has 1 amide bonds. The molecular weight excluding hydrogens is 354 g/mol. The minimum absolute atomic E-state index is 0.0737. The molecule has 2 N–H and O–H groups in total. The van der Waals surface area contributed by atoms with Crippen LogP contribution in [0.5, 0.6) is 0 Å². The fourth-order valence-electron chi connectivity index (χ4n) is 2.29. The van der Waals surface area contributed by atoms with Crippen LogP contribution in [-0.4, -0.2) is 34.0 Å². The highest BCUT2D eigenvalue weighted by atomic mass is 32.2. The van der Waals surface area contributed by atoms with E-state index < -0.39 is 21.5 Å². The summed E-state index contributed by atoms with van der Waals surface area (Å²) >= 11 is 0.